The molecule has 0 saturated heterocycles. The van der Waals surface area contributed by atoms with Crippen LogP contribution in [0.1, 0.15) is 19.3 Å². The predicted molar refractivity (Wildman–Crippen MR) is 70.3 cm³/mol. The minimum atomic E-state index is -0.299. The highest BCUT2D eigenvalue weighted by Crippen LogP contribution is 2.39. The largest absolute Gasteiger partial charge is 0.492 e. The molecular formula is C14H20N2O2. The summed E-state index contributed by atoms with van der Waals surface area (Å²) in [5.41, 5.74) is 5.37. The van der Waals surface area contributed by atoms with E-state index in [4.69, 9.17) is 10.5 Å². The maximum atomic E-state index is 11.9. The number of hydrogen-bond acceptors (Lipinski definition) is 3. The Morgan fingerprint density at radius 3 is 2.61 bits per heavy atom. The molecule has 1 amide bonds. The summed E-state index contributed by atoms with van der Waals surface area (Å²) in [5.74, 6) is 0.900. The van der Waals surface area contributed by atoms with E-state index in [1.807, 2.05) is 30.3 Å². The molecule has 1 fully saturated rings. The standard InChI is InChI=1S/C14H20N2O2/c15-11-14(7-4-8-14)13(17)16-9-10-18-12-5-2-1-3-6-12/h1-3,5-6H,4,7-11,15H2,(H,16,17). The molecule has 1 aromatic carbocycles. The van der Waals surface area contributed by atoms with Crippen LogP contribution >= 0.6 is 0 Å². The van der Waals surface area contributed by atoms with Crippen molar-refractivity contribution in [2.75, 3.05) is 19.7 Å². The van der Waals surface area contributed by atoms with Crippen molar-refractivity contribution in [2.45, 2.75) is 19.3 Å². The monoisotopic (exact) mass is 248 g/mol. The van der Waals surface area contributed by atoms with Crippen LogP contribution in [0, 0.1) is 5.41 Å². The van der Waals surface area contributed by atoms with E-state index in [1.165, 1.54) is 0 Å². The average Bonchev–Trinajstić information content (AvgIpc) is 2.35. The van der Waals surface area contributed by atoms with Crippen LogP contribution in [0.15, 0.2) is 30.3 Å². The van der Waals surface area contributed by atoms with Crippen LogP contribution in [-0.4, -0.2) is 25.6 Å². The van der Waals surface area contributed by atoms with Crippen LogP contribution in [0.5, 0.6) is 5.75 Å². The molecule has 0 radical (unpaired) electrons. The molecule has 1 aromatic rings. The molecule has 1 saturated carbocycles. The summed E-state index contributed by atoms with van der Waals surface area (Å²) in [6.45, 7) is 1.45. The second kappa shape index (κ2) is 5.87. The summed E-state index contributed by atoms with van der Waals surface area (Å²) in [4.78, 5) is 11.9. The highest BCUT2D eigenvalue weighted by molar-refractivity contribution is 5.83. The molecule has 0 atom stereocenters. The third-order valence-corrected chi connectivity index (χ3v) is 3.58. The fourth-order valence-electron chi connectivity index (χ4n) is 2.17. The number of amides is 1. The van der Waals surface area contributed by atoms with Gasteiger partial charge in [0, 0.05) is 6.54 Å². The lowest BCUT2D eigenvalue weighted by atomic mass is 9.68. The lowest BCUT2D eigenvalue weighted by Crippen LogP contribution is -2.51. The van der Waals surface area contributed by atoms with Crippen molar-refractivity contribution in [3.8, 4) is 5.75 Å². The fraction of sp³-hybridized carbons (Fsp3) is 0.500. The normalized spacial score (nSPS) is 16.7. The summed E-state index contributed by atoms with van der Waals surface area (Å²) < 4.78 is 5.51. The van der Waals surface area contributed by atoms with Crippen molar-refractivity contribution in [2.24, 2.45) is 11.1 Å². The zero-order chi connectivity index (χ0) is 12.8. The Hall–Kier alpha value is -1.55. The minimum absolute atomic E-state index is 0.0768. The van der Waals surface area contributed by atoms with Gasteiger partial charge in [0.25, 0.3) is 0 Å². The first-order chi connectivity index (χ1) is 8.77. The van der Waals surface area contributed by atoms with Crippen molar-refractivity contribution >= 4 is 5.91 Å². The fourth-order valence-corrected chi connectivity index (χ4v) is 2.17. The van der Waals surface area contributed by atoms with Gasteiger partial charge in [0.05, 0.1) is 12.0 Å². The van der Waals surface area contributed by atoms with Gasteiger partial charge >= 0.3 is 0 Å². The molecule has 0 unspecified atom stereocenters. The first kappa shape index (κ1) is 12.9. The Morgan fingerprint density at radius 1 is 1.33 bits per heavy atom. The summed E-state index contributed by atoms with van der Waals surface area (Å²) in [5, 5.41) is 2.90. The van der Waals surface area contributed by atoms with E-state index in [-0.39, 0.29) is 11.3 Å². The highest BCUT2D eigenvalue weighted by Gasteiger charge is 2.42. The van der Waals surface area contributed by atoms with Gasteiger partial charge in [-0.25, -0.2) is 0 Å². The van der Waals surface area contributed by atoms with Crippen molar-refractivity contribution in [1.29, 1.82) is 0 Å². The molecule has 4 heteroatoms. The molecule has 1 aliphatic carbocycles. The van der Waals surface area contributed by atoms with Crippen molar-refractivity contribution in [3.05, 3.63) is 30.3 Å². The molecule has 2 rings (SSSR count). The van der Waals surface area contributed by atoms with E-state index in [0.717, 1.165) is 25.0 Å². The number of ether oxygens (including phenoxy) is 1. The molecular weight excluding hydrogens is 228 g/mol. The lowest BCUT2D eigenvalue weighted by molar-refractivity contribution is -0.135. The second-order valence-corrected chi connectivity index (χ2v) is 4.76. The SMILES string of the molecule is NCC1(C(=O)NCCOc2ccccc2)CCC1. The smallest absolute Gasteiger partial charge is 0.227 e. The Balaban J connectivity index is 1.68. The molecule has 1 aliphatic rings. The summed E-state index contributed by atoms with van der Waals surface area (Å²) in [6, 6.07) is 9.58. The summed E-state index contributed by atoms with van der Waals surface area (Å²) in [7, 11) is 0. The van der Waals surface area contributed by atoms with Gasteiger partial charge in [0.2, 0.25) is 5.91 Å². The molecule has 98 valence electrons. The van der Waals surface area contributed by atoms with Crippen LogP contribution in [0.3, 0.4) is 0 Å². The summed E-state index contributed by atoms with van der Waals surface area (Å²) in [6.07, 6.45) is 2.93. The number of carbonyl (C=O) groups is 1. The van der Waals surface area contributed by atoms with E-state index in [2.05, 4.69) is 5.32 Å². The van der Waals surface area contributed by atoms with Gasteiger partial charge in [-0.15, -0.1) is 0 Å². The Bertz CT molecular complexity index is 383. The lowest BCUT2D eigenvalue weighted by Gasteiger charge is -2.39. The van der Waals surface area contributed by atoms with Gasteiger partial charge in [-0.2, -0.15) is 0 Å². The van der Waals surface area contributed by atoms with Gasteiger partial charge < -0.3 is 15.8 Å². The van der Waals surface area contributed by atoms with Crippen molar-refractivity contribution in [3.63, 3.8) is 0 Å². The topological polar surface area (TPSA) is 64.4 Å². The number of para-hydroxylation sites is 1. The maximum Gasteiger partial charge on any atom is 0.227 e. The number of nitrogens with one attached hydrogen (secondary N) is 1. The molecule has 4 nitrogen and oxygen atoms in total. The second-order valence-electron chi connectivity index (χ2n) is 4.76. The molecule has 18 heavy (non-hydrogen) atoms. The van der Waals surface area contributed by atoms with Gasteiger partial charge in [-0.05, 0) is 25.0 Å². The van der Waals surface area contributed by atoms with Gasteiger partial charge in [-0.3, -0.25) is 4.79 Å². The third-order valence-electron chi connectivity index (χ3n) is 3.58. The van der Waals surface area contributed by atoms with Crippen LogP contribution < -0.4 is 15.8 Å². The van der Waals surface area contributed by atoms with Crippen LogP contribution in [0.25, 0.3) is 0 Å². The van der Waals surface area contributed by atoms with E-state index >= 15 is 0 Å². The third kappa shape index (κ3) is 2.82. The zero-order valence-electron chi connectivity index (χ0n) is 10.5. The molecule has 3 N–H and O–H groups in total. The molecule has 0 aromatic heterocycles. The highest BCUT2D eigenvalue weighted by atomic mass is 16.5. The van der Waals surface area contributed by atoms with Gasteiger partial charge in [0.1, 0.15) is 12.4 Å². The predicted octanol–water partition coefficient (Wildman–Crippen LogP) is 1.31. The molecule has 0 spiro atoms. The number of benzene rings is 1. The Kier molecular flexibility index (Phi) is 4.20. The number of nitrogens with two attached hydrogens (primary N) is 1. The molecule has 0 heterocycles. The summed E-state index contributed by atoms with van der Waals surface area (Å²) >= 11 is 0. The Labute approximate surface area is 108 Å². The van der Waals surface area contributed by atoms with Crippen LogP contribution in [0.2, 0.25) is 0 Å². The maximum absolute atomic E-state index is 11.9. The Morgan fingerprint density at radius 2 is 2.06 bits per heavy atom. The van der Waals surface area contributed by atoms with E-state index in [9.17, 15) is 4.79 Å². The van der Waals surface area contributed by atoms with Crippen molar-refractivity contribution in [1.82, 2.24) is 5.32 Å². The molecule has 0 bridgehead atoms. The molecule has 0 aliphatic heterocycles. The first-order valence-corrected chi connectivity index (χ1v) is 6.43. The quantitative estimate of drug-likeness (QED) is 0.746. The van der Waals surface area contributed by atoms with E-state index < -0.39 is 0 Å². The van der Waals surface area contributed by atoms with Crippen LogP contribution in [-0.2, 0) is 4.79 Å². The van der Waals surface area contributed by atoms with E-state index in [1.54, 1.807) is 0 Å². The minimum Gasteiger partial charge on any atom is -0.492 e. The van der Waals surface area contributed by atoms with Crippen molar-refractivity contribution < 1.29 is 9.53 Å². The first-order valence-electron chi connectivity index (χ1n) is 6.43. The number of hydrogen-bond donors (Lipinski definition) is 2. The average molecular weight is 248 g/mol. The van der Waals surface area contributed by atoms with E-state index in [0.29, 0.717) is 19.7 Å². The van der Waals surface area contributed by atoms with Crippen LogP contribution in [0.4, 0.5) is 0 Å². The number of rotatable bonds is 6. The number of carbonyl (C=O) groups excluding carboxylic acids is 1. The zero-order valence-corrected chi connectivity index (χ0v) is 10.5. The van der Waals surface area contributed by atoms with Gasteiger partial charge in [-0.1, -0.05) is 24.6 Å². The van der Waals surface area contributed by atoms with Gasteiger partial charge in [0.15, 0.2) is 0 Å².